The summed E-state index contributed by atoms with van der Waals surface area (Å²) in [7, 11) is 1.70. The number of aromatic nitrogens is 1. The molecule has 0 radical (unpaired) electrons. The van der Waals surface area contributed by atoms with Gasteiger partial charge < -0.3 is 10.2 Å². The second kappa shape index (κ2) is 7.59. The minimum atomic E-state index is -0.674. The Hall–Kier alpha value is -2.83. The molecule has 136 valence electrons. The van der Waals surface area contributed by atoms with Crippen LogP contribution < -0.4 is 5.32 Å². The van der Waals surface area contributed by atoms with Gasteiger partial charge in [0.05, 0.1) is 17.6 Å². The first-order chi connectivity index (χ1) is 12.4. The number of hydrogen-bond acceptors (Lipinski definition) is 3. The maximum atomic E-state index is 13.3. The minimum absolute atomic E-state index is 0.0372. The minimum Gasteiger partial charge on any atom is -0.325 e. The van der Waals surface area contributed by atoms with E-state index in [1.165, 1.54) is 18.3 Å². The van der Waals surface area contributed by atoms with Gasteiger partial charge in [0, 0.05) is 37.6 Å². The van der Waals surface area contributed by atoms with Gasteiger partial charge >= 0.3 is 6.03 Å². The fourth-order valence-corrected chi connectivity index (χ4v) is 3.03. The molecule has 0 unspecified atom stereocenters. The van der Waals surface area contributed by atoms with E-state index in [-0.39, 0.29) is 17.9 Å². The number of carbonyl (C=O) groups excluding carboxylic acids is 2. The van der Waals surface area contributed by atoms with Crippen LogP contribution >= 0.6 is 0 Å². The van der Waals surface area contributed by atoms with Crippen molar-refractivity contribution in [3.63, 3.8) is 0 Å². The summed E-state index contributed by atoms with van der Waals surface area (Å²) in [5, 5.41) is 2.74. The van der Waals surface area contributed by atoms with Crippen molar-refractivity contribution in [2.24, 2.45) is 0 Å². The van der Waals surface area contributed by atoms with Crippen LogP contribution in [0.4, 0.5) is 19.3 Å². The molecule has 1 aliphatic carbocycles. The van der Waals surface area contributed by atoms with E-state index in [0.29, 0.717) is 42.6 Å². The molecule has 26 heavy (non-hydrogen) atoms. The molecule has 1 heterocycles. The standard InChI is InChI=1S/C19H19F2N3O2/c1-24(16-3-5-17(25)6-4-16)19(26)23-15-2-7-18(22-11-15)12-8-13(20)10-14(21)9-12/h2,7-11,16H,3-6H2,1H3,(H,23,26). The molecular weight excluding hydrogens is 340 g/mol. The van der Waals surface area contributed by atoms with Crippen molar-refractivity contribution in [3.8, 4) is 11.3 Å². The zero-order valence-electron chi connectivity index (χ0n) is 14.3. The van der Waals surface area contributed by atoms with Crippen molar-refractivity contribution in [3.05, 3.63) is 48.2 Å². The quantitative estimate of drug-likeness (QED) is 0.901. The number of halogens is 2. The fraction of sp³-hybridized carbons (Fsp3) is 0.316. The highest BCUT2D eigenvalue weighted by molar-refractivity contribution is 5.89. The van der Waals surface area contributed by atoms with Gasteiger partial charge in [0.15, 0.2) is 0 Å². The van der Waals surface area contributed by atoms with Gasteiger partial charge in [-0.2, -0.15) is 0 Å². The predicted octanol–water partition coefficient (Wildman–Crippen LogP) is 4.00. The molecule has 0 bridgehead atoms. The number of ketones is 1. The second-order valence-corrected chi connectivity index (χ2v) is 6.40. The summed E-state index contributed by atoms with van der Waals surface area (Å²) in [4.78, 5) is 29.4. The van der Waals surface area contributed by atoms with E-state index in [1.54, 1.807) is 24.1 Å². The van der Waals surface area contributed by atoms with Gasteiger partial charge in [-0.25, -0.2) is 13.6 Å². The smallest absolute Gasteiger partial charge is 0.321 e. The first kappa shape index (κ1) is 18.0. The lowest BCUT2D eigenvalue weighted by Gasteiger charge is -2.30. The Bertz CT molecular complexity index is 794. The van der Waals surface area contributed by atoms with Crippen molar-refractivity contribution in [1.29, 1.82) is 0 Å². The number of anilines is 1. The van der Waals surface area contributed by atoms with Crippen molar-refractivity contribution in [1.82, 2.24) is 9.88 Å². The summed E-state index contributed by atoms with van der Waals surface area (Å²) < 4.78 is 26.6. The van der Waals surface area contributed by atoms with Crippen LogP contribution in [0.2, 0.25) is 0 Å². The van der Waals surface area contributed by atoms with Crippen LogP contribution in [0, 0.1) is 11.6 Å². The number of amides is 2. The highest BCUT2D eigenvalue weighted by Gasteiger charge is 2.25. The number of carbonyl (C=O) groups is 2. The summed E-state index contributed by atoms with van der Waals surface area (Å²) in [5.41, 5.74) is 1.21. The largest absolute Gasteiger partial charge is 0.325 e. The molecule has 5 nitrogen and oxygen atoms in total. The van der Waals surface area contributed by atoms with Gasteiger partial charge in [-0.05, 0) is 37.1 Å². The molecule has 0 spiro atoms. The summed E-state index contributed by atoms with van der Waals surface area (Å²) in [6.07, 6.45) is 3.79. The lowest BCUT2D eigenvalue weighted by Crippen LogP contribution is -2.41. The van der Waals surface area contributed by atoms with Crippen LogP contribution in [0.5, 0.6) is 0 Å². The third-order valence-electron chi connectivity index (χ3n) is 4.55. The molecule has 1 fully saturated rings. The molecule has 1 aliphatic rings. The van der Waals surface area contributed by atoms with Gasteiger partial charge in [-0.1, -0.05) is 0 Å². The molecular formula is C19H19F2N3O2. The zero-order chi connectivity index (χ0) is 18.7. The van der Waals surface area contributed by atoms with Gasteiger partial charge in [0.25, 0.3) is 0 Å². The summed E-state index contributed by atoms with van der Waals surface area (Å²) in [6.45, 7) is 0. The van der Waals surface area contributed by atoms with E-state index >= 15 is 0 Å². The molecule has 2 amide bonds. The van der Waals surface area contributed by atoms with Crippen LogP contribution in [0.15, 0.2) is 36.5 Å². The van der Waals surface area contributed by atoms with Crippen LogP contribution in [0.25, 0.3) is 11.3 Å². The number of benzene rings is 1. The first-order valence-electron chi connectivity index (χ1n) is 8.40. The molecule has 1 aromatic heterocycles. The van der Waals surface area contributed by atoms with Crippen molar-refractivity contribution < 1.29 is 18.4 Å². The number of nitrogens with zero attached hydrogens (tertiary/aromatic N) is 2. The van der Waals surface area contributed by atoms with E-state index in [0.717, 1.165) is 6.07 Å². The summed E-state index contributed by atoms with van der Waals surface area (Å²) >= 11 is 0. The average Bonchev–Trinajstić information content (AvgIpc) is 2.61. The molecule has 1 N–H and O–H groups in total. The number of hydrogen-bond donors (Lipinski definition) is 1. The third kappa shape index (κ3) is 4.22. The molecule has 1 aromatic carbocycles. The first-order valence-corrected chi connectivity index (χ1v) is 8.40. The van der Waals surface area contributed by atoms with Crippen LogP contribution in [0.3, 0.4) is 0 Å². The maximum Gasteiger partial charge on any atom is 0.321 e. The molecule has 0 saturated heterocycles. The van der Waals surface area contributed by atoms with Gasteiger partial charge in [0.2, 0.25) is 0 Å². The second-order valence-electron chi connectivity index (χ2n) is 6.40. The van der Waals surface area contributed by atoms with Crippen molar-refractivity contribution in [2.45, 2.75) is 31.7 Å². The molecule has 3 rings (SSSR count). The highest BCUT2D eigenvalue weighted by Crippen LogP contribution is 2.22. The van der Waals surface area contributed by atoms with E-state index in [4.69, 9.17) is 0 Å². The predicted molar refractivity (Wildman–Crippen MR) is 93.6 cm³/mol. The van der Waals surface area contributed by atoms with E-state index in [9.17, 15) is 18.4 Å². The Labute approximate surface area is 150 Å². The Morgan fingerprint density at radius 1 is 1.15 bits per heavy atom. The average molecular weight is 359 g/mol. The summed E-state index contributed by atoms with van der Waals surface area (Å²) in [5.74, 6) is -1.11. The van der Waals surface area contributed by atoms with Crippen LogP contribution in [-0.2, 0) is 4.79 Å². The molecule has 7 heteroatoms. The van der Waals surface area contributed by atoms with Gasteiger partial charge in [-0.15, -0.1) is 0 Å². The Kier molecular flexibility index (Phi) is 5.25. The number of rotatable bonds is 3. The van der Waals surface area contributed by atoms with Crippen LogP contribution in [0.1, 0.15) is 25.7 Å². The number of nitrogens with one attached hydrogen (secondary N) is 1. The summed E-state index contributed by atoms with van der Waals surface area (Å²) in [6, 6.07) is 6.16. The molecule has 1 saturated carbocycles. The SMILES string of the molecule is CN(C(=O)Nc1ccc(-c2cc(F)cc(F)c2)nc1)C1CCC(=O)CC1. The van der Waals surface area contributed by atoms with Gasteiger partial charge in [-0.3, -0.25) is 9.78 Å². The van der Waals surface area contributed by atoms with E-state index in [2.05, 4.69) is 10.3 Å². The van der Waals surface area contributed by atoms with E-state index in [1.807, 2.05) is 0 Å². The number of pyridine rings is 1. The Morgan fingerprint density at radius 3 is 2.38 bits per heavy atom. The van der Waals surface area contributed by atoms with E-state index < -0.39 is 11.6 Å². The number of Topliss-reactive ketones (excluding diaryl/α,β-unsaturated/α-hetero) is 1. The van der Waals surface area contributed by atoms with Crippen molar-refractivity contribution in [2.75, 3.05) is 12.4 Å². The van der Waals surface area contributed by atoms with Crippen LogP contribution in [-0.4, -0.2) is 34.8 Å². The lowest BCUT2D eigenvalue weighted by molar-refractivity contribution is -0.121. The zero-order valence-corrected chi connectivity index (χ0v) is 14.3. The normalized spacial score (nSPS) is 15.0. The topological polar surface area (TPSA) is 62.3 Å². The van der Waals surface area contributed by atoms with Gasteiger partial charge in [0.1, 0.15) is 17.4 Å². The molecule has 2 aromatic rings. The van der Waals surface area contributed by atoms with Crippen molar-refractivity contribution >= 4 is 17.5 Å². The Balaban J connectivity index is 1.65. The lowest BCUT2D eigenvalue weighted by atomic mass is 9.93. The number of urea groups is 1. The fourth-order valence-electron chi connectivity index (χ4n) is 3.03. The molecule has 0 aliphatic heterocycles. The maximum absolute atomic E-state index is 13.3. The molecule has 0 atom stereocenters. The Morgan fingerprint density at radius 2 is 1.81 bits per heavy atom. The monoisotopic (exact) mass is 359 g/mol. The highest BCUT2D eigenvalue weighted by atomic mass is 19.1. The third-order valence-corrected chi connectivity index (χ3v) is 4.55.